The summed E-state index contributed by atoms with van der Waals surface area (Å²) in [5.74, 6) is -10.5. The van der Waals surface area contributed by atoms with E-state index < -0.39 is 46.3 Å². The molecular weight excluding hydrogens is 479 g/mol. The molecule has 0 saturated carbocycles. The van der Waals surface area contributed by atoms with E-state index in [1.54, 1.807) is 24.3 Å². The summed E-state index contributed by atoms with van der Waals surface area (Å²) in [6, 6.07) is 6.72. The van der Waals surface area contributed by atoms with Crippen molar-refractivity contribution in [2.75, 3.05) is 31.2 Å². The molecule has 2 aromatic carbocycles. The maximum atomic E-state index is 14.7. The van der Waals surface area contributed by atoms with Crippen LogP contribution in [0.5, 0.6) is 0 Å². The summed E-state index contributed by atoms with van der Waals surface area (Å²) in [7, 11) is 0. The Balaban J connectivity index is 2.07. The second-order valence-corrected chi connectivity index (χ2v) is 8.10. The zero-order valence-electron chi connectivity index (χ0n) is 19.4. The minimum atomic E-state index is -5.63. The first kappa shape index (κ1) is 26.7. The third kappa shape index (κ3) is 5.67. The molecule has 3 nitrogen and oxygen atoms in total. The van der Waals surface area contributed by atoms with Gasteiger partial charge in [-0.1, -0.05) is 26.7 Å². The van der Waals surface area contributed by atoms with E-state index in [1.165, 1.54) is 0 Å². The second kappa shape index (κ2) is 11.2. The SMILES string of the molecule is CCCCN(CCCC)c1ccc(C2=C(c3c(F)c(F)c(C(F)(F)F)c(F)c3F)OCCO2)cc1. The van der Waals surface area contributed by atoms with Crippen molar-refractivity contribution in [2.45, 2.75) is 45.7 Å². The van der Waals surface area contributed by atoms with Crippen LogP contribution in [0.3, 0.4) is 0 Å². The summed E-state index contributed by atoms with van der Waals surface area (Å²) >= 11 is 0. The number of ether oxygens (including phenoxy) is 2. The van der Waals surface area contributed by atoms with Crippen LogP contribution in [0.15, 0.2) is 24.3 Å². The molecule has 10 heteroatoms. The number of hydrogen-bond acceptors (Lipinski definition) is 3. The lowest BCUT2D eigenvalue weighted by molar-refractivity contribution is -0.143. The normalized spacial score (nSPS) is 14.1. The van der Waals surface area contributed by atoms with E-state index in [1.807, 2.05) is 0 Å². The van der Waals surface area contributed by atoms with Gasteiger partial charge in [-0.05, 0) is 37.1 Å². The van der Waals surface area contributed by atoms with E-state index in [-0.39, 0.29) is 24.5 Å². The monoisotopic (exact) mass is 505 g/mol. The quantitative estimate of drug-likeness (QED) is 0.260. The molecule has 192 valence electrons. The van der Waals surface area contributed by atoms with Crippen LogP contribution in [0.4, 0.5) is 36.4 Å². The number of hydrogen-bond donors (Lipinski definition) is 0. The molecule has 0 aromatic heterocycles. The largest absolute Gasteiger partial charge is 0.485 e. The Labute approximate surface area is 199 Å². The fraction of sp³-hybridized carbons (Fsp3) is 0.440. The third-order valence-electron chi connectivity index (χ3n) is 5.61. The Kier molecular flexibility index (Phi) is 8.56. The highest BCUT2D eigenvalue weighted by Gasteiger charge is 2.43. The predicted octanol–water partition coefficient (Wildman–Crippen LogP) is 7.54. The molecule has 0 amide bonds. The molecule has 0 spiro atoms. The van der Waals surface area contributed by atoms with Crippen molar-refractivity contribution in [1.82, 2.24) is 0 Å². The number of halogens is 7. The van der Waals surface area contributed by atoms with Crippen LogP contribution in [0.2, 0.25) is 0 Å². The van der Waals surface area contributed by atoms with Crippen LogP contribution in [0.1, 0.15) is 56.2 Å². The fourth-order valence-electron chi connectivity index (χ4n) is 3.79. The van der Waals surface area contributed by atoms with Gasteiger partial charge in [-0.3, -0.25) is 0 Å². The molecule has 1 aliphatic rings. The van der Waals surface area contributed by atoms with Gasteiger partial charge in [0.2, 0.25) is 0 Å². The summed E-state index contributed by atoms with van der Waals surface area (Å²) in [6.07, 6.45) is -1.63. The third-order valence-corrected chi connectivity index (χ3v) is 5.61. The highest BCUT2D eigenvalue weighted by Crippen LogP contribution is 2.41. The summed E-state index contributed by atoms with van der Waals surface area (Å²) in [5.41, 5.74) is -2.84. The average molecular weight is 505 g/mol. The van der Waals surface area contributed by atoms with Gasteiger partial charge in [0.1, 0.15) is 18.8 Å². The lowest BCUT2D eigenvalue weighted by atomic mass is 10.0. The van der Waals surface area contributed by atoms with Crippen LogP contribution in [-0.4, -0.2) is 26.3 Å². The van der Waals surface area contributed by atoms with E-state index in [4.69, 9.17) is 9.47 Å². The maximum absolute atomic E-state index is 14.7. The number of benzene rings is 2. The van der Waals surface area contributed by atoms with E-state index >= 15 is 0 Å². The maximum Gasteiger partial charge on any atom is 0.422 e. The summed E-state index contributed by atoms with van der Waals surface area (Å²) in [6.45, 7) is 5.59. The lowest BCUT2D eigenvalue weighted by Gasteiger charge is -2.26. The first-order chi connectivity index (χ1) is 16.6. The van der Waals surface area contributed by atoms with Gasteiger partial charge in [-0.2, -0.15) is 13.2 Å². The summed E-state index contributed by atoms with van der Waals surface area (Å²) < 4.78 is 107. The van der Waals surface area contributed by atoms with Crippen LogP contribution >= 0.6 is 0 Å². The molecule has 0 unspecified atom stereocenters. The first-order valence-electron chi connectivity index (χ1n) is 11.4. The second-order valence-electron chi connectivity index (χ2n) is 8.10. The molecule has 35 heavy (non-hydrogen) atoms. The molecule has 0 radical (unpaired) electrons. The number of nitrogens with zero attached hydrogens (tertiary/aromatic N) is 1. The Hall–Kier alpha value is -2.91. The van der Waals surface area contributed by atoms with Crippen molar-refractivity contribution in [1.29, 1.82) is 0 Å². The molecule has 0 aliphatic carbocycles. The van der Waals surface area contributed by atoms with Crippen molar-refractivity contribution >= 4 is 17.2 Å². The topological polar surface area (TPSA) is 21.7 Å². The molecule has 0 atom stereocenters. The predicted molar refractivity (Wildman–Crippen MR) is 118 cm³/mol. The van der Waals surface area contributed by atoms with Gasteiger partial charge < -0.3 is 14.4 Å². The van der Waals surface area contributed by atoms with Crippen LogP contribution in [0.25, 0.3) is 11.5 Å². The number of unbranched alkanes of at least 4 members (excludes halogenated alkanes) is 2. The Morgan fingerprint density at radius 2 is 1.23 bits per heavy atom. The van der Waals surface area contributed by atoms with Crippen molar-refractivity contribution in [2.24, 2.45) is 0 Å². The fourth-order valence-corrected chi connectivity index (χ4v) is 3.79. The van der Waals surface area contributed by atoms with E-state index in [0.717, 1.165) is 44.5 Å². The molecule has 0 N–H and O–H groups in total. The highest BCUT2D eigenvalue weighted by molar-refractivity contribution is 5.85. The van der Waals surface area contributed by atoms with Crippen LogP contribution in [0, 0.1) is 23.3 Å². The van der Waals surface area contributed by atoms with Gasteiger partial charge in [0, 0.05) is 24.3 Å². The van der Waals surface area contributed by atoms with Gasteiger partial charge in [-0.15, -0.1) is 0 Å². The standard InChI is InChI=1S/C25H26F7NO2/c1-3-5-11-33(12-6-4-2)16-9-7-15(8-10-16)23-24(35-14-13-34-23)17-19(26)21(28)18(25(30,31)32)22(29)20(17)27/h7-10H,3-6,11-14H2,1-2H3. The van der Waals surface area contributed by atoms with Gasteiger partial charge in [0.15, 0.2) is 34.8 Å². The highest BCUT2D eigenvalue weighted by atomic mass is 19.4. The van der Waals surface area contributed by atoms with E-state index in [0.29, 0.717) is 0 Å². The molecule has 1 aliphatic heterocycles. The Morgan fingerprint density at radius 1 is 0.743 bits per heavy atom. The molecule has 3 rings (SSSR count). The Morgan fingerprint density at radius 3 is 1.69 bits per heavy atom. The molecule has 0 fully saturated rings. The zero-order valence-corrected chi connectivity index (χ0v) is 19.4. The van der Waals surface area contributed by atoms with Crippen LogP contribution < -0.4 is 4.90 Å². The Bertz CT molecular complexity index is 1030. The summed E-state index contributed by atoms with van der Waals surface area (Å²) in [4.78, 5) is 2.20. The van der Waals surface area contributed by atoms with Gasteiger partial charge in [-0.25, -0.2) is 17.6 Å². The average Bonchev–Trinajstić information content (AvgIpc) is 2.83. The first-order valence-corrected chi connectivity index (χ1v) is 11.4. The molecule has 0 saturated heterocycles. The van der Waals surface area contributed by atoms with Crippen LogP contribution in [-0.2, 0) is 15.7 Å². The number of rotatable bonds is 9. The van der Waals surface area contributed by atoms with Crippen molar-refractivity contribution in [3.63, 3.8) is 0 Å². The lowest BCUT2D eigenvalue weighted by Crippen LogP contribution is -2.25. The van der Waals surface area contributed by atoms with Crippen molar-refractivity contribution < 1.29 is 40.2 Å². The molecule has 2 aromatic rings. The molecular formula is C25H26F7NO2. The minimum absolute atomic E-state index is 0.0332. The van der Waals surface area contributed by atoms with E-state index in [2.05, 4.69) is 18.7 Å². The minimum Gasteiger partial charge on any atom is -0.485 e. The van der Waals surface area contributed by atoms with Crippen molar-refractivity contribution in [3.05, 3.63) is 64.2 Å². The van der Waals surface area contributed by atoms with Gasteiger partial charge >= 0.3 is 6.18 Å². The van der Waals surface area contributed by atoms with Gasteiger partial charge in [0.05, 0.1) is 5.56 Å². The number of alkyl halides is 3. The number of anilines is 1. The smallest absolute Gasteiger partial charge is 0.422 e. The zero-order chi connectivity index (χ0) is 25.8. The van der Waals surface area contributed by atoms with Gasteiger partial charge in [0.25, 0.3) is 0 Å². The van der Waals surface area contributed by atoms with E-state index in [9.17, 15) is 30.7 Å². The molecule has 0 bridgehead atoms. The van der Waals surface area contributed by atoms with Crippen molar-refractivity contribution in [3.8, 4) is 0 Å². The molecule has 1 heterocycles. The summed E-state index contributed by atoms with van der Waals surface area (Å²) in [5, 5.41) is 0.